The lowest BCUT2D eigenvalue weighted by Crippen LogP contribution is -2.38. The number of nitrogens with zero attached hydrogens (tertiary/aromatic N) is 3. The Balaban J connectivity index is 2.31. The van der Waals surface area contributed by atoms with Crippen molar-refractivity contribution in [3.63, 3.8) is 0 Å². The third-order valence-electron chi connectivity index (χ3n) is 3.88. The van der Waals surface area contributed by atoms with Crippen LogP contribution in [0.4, 0.5) is 10.6 Å². The minimum atomic E-state index is -0.510. The summed E-state index contributed by atoms with van der Waals surface area (Å²) < 4.78 is 5.52. The molecule has 5 heteroatoms. The summed E-state index contributed by atoms with van der Waals surface area (Å²) in [6.07, 6.45) is 3.67. The highest BCUT2D eigenvalue weighted by Crippen LogP contribution is 2.35. The van der Waals surface area contributed by atoms with Gasteiger partial charge in [0.25, 0.3) is 0 Å². The molecule has 0 radical (unpaired) electrons. The van der Waals surface area contributed by atoms with E-state index in [1.165, 1.54) is 6.42 Å². The van der Waals surface area contributed by atoms with Crippen LogP contribution in [-0.2, 0) is 4.74 Å². The van der Waals surface area contributed by atoms with Crippen LogP contribution in [0, 0.1) is 0 Å². The zero-order chi connectivity index (χ0) is 16.3. The third kappa shape index (κ3) is 3.77. The third-order valence-corrected chi connectivity index (χ3v) is 3.88. The van der Waals surface area contributed by atoms with Gasteiger partial charge in [-0.3, -0.25) is 9.80 Å². The molecule has 1 atom stereocenters. The van der Waals surface area contributed by atoms with E-state index < -0.39 is 5.60 Å². The highest BCUT2D eigenvalue weighted by molar-refractivity contribution is 5.87. The SMILES string of the molecule is CCN(C(=O)OC(C)(C)C)c1ncccc1C1CCCN1C. The minimum absolute atomic E-state index is 0.320. The molecular weight excluding hydrogens is 278 g/mol. The lowest BCUT2D eigenvalue weighted by Gasteiger charge is -2.29. The second-order valence-electron chi connectivity index (χ2n) is 6.78. The van der Waals surface area contributed by atoms with Gasteiger partial charge in [-0.1, -0.05) is 6.07 Å². The van der Waals surface area contributed by atoms with E-state index >= 15 is 0 Å². The molecule has 22 heavy (non-hydrogen) atoms. The maximum atomic E-state index is 12.5. The number of ether oxygens (including phenoxy) is 1. The molecule has 1 unspecified atom stereocenters. The Hall–Kier alpha value is -1.62. The second kappa shape index (κ2) is 6.65. The summed E-state index contributed by atoms with van der Waals surface area (Å²) in [4.78, 5) is 20.9. The fourth-order valence-electron chi connectivity index (χ4n) is 2.88. The first-order valence-electron chi connectivity index (χ1n) is 7.99. The molecule has 1 saturated heterocycles. The van der Waals surface area contributed by atoms with Gasteiger partial charge < -0.3 is 4.74 Å². The van der Waals surface area contributed by atoms with E-state index in [-0.39, 0.29) is 6.09 Å². The van der Waals surface area contributed by atoms with Gasteiger partial charge >= 0.3 is 6.09 Å². The van der Waals surface area contributed by atoms with Gasteiger partial charge in [-0.2, -0.15) is 0 Å². The van der Waals surface area contributed by atoms with E-state index in [4.69, 9.17) is 4.74 Å². The number of aromatic nitrogens is 1. The van der Waals surface area contributed by atoms with Crippen LogP contribution in [0.15, 0.2) is 18.3 Å². The zero-order valence-corrected chi connectivity index (χ0v) is 14.3. The summed E-state index contributed by atoms with van der Waals surface area (Å²) in [5.41, 5.74) is 0.596. The van der Waals surface area contributed by atoms with E-state index in [1.807, 2.05) is 33.8 Å². The Labute approximate surface area is 133 Å². The van der Waals surface area contributed by atoms with Crippen LogP contribution in [0.5, 0.6) is 0 Å². The maximum absolute atomic E-state index is 12.5. The number of amides is 1. The molecule has 5 nitrogen and oxygen atoms in total. The normalized spacial score (nSPS) is 19.2. The lowest BCUT2D eigenvalue weighted by atomic mass is 10.1. The molecule has 1 aliphatic rings. The molecule has 0 aromatic carbocycles. The van der Waals surface area contributed by atoms with Gasteiger partial charge in [0.1, 0.15) is 11.4 Å². The van der Waals surface area contributed by atoms with E-state index in [2.05, 4.69) is 23.0 Å². The molecule has 2 heterocycles. The number of anilines is 1. The molecule has 0 saturated carbocycles. The van der Waals surface area contributed by atoms with E-state index in [1.54, 1.807) is 11.1 Å². The molecule has 0 aliphatic carbocycles. The van der Waals surface area contributed by atoms with Crippen LogP contribution >= 0.6 is 0 Å². The number of hydrogen-bond acceptors (Lipinski definition) is 4. The summed E-state index contributed by atoms with van der Waals surface area (Å²) >= 11 is 0. The second-order valence-corrected chi connectivity index (χ2v) is 6.78. The highest BCUT2D eigenvalue weighted by Gasteiger charge is 2.30. The summed E-state index contributed by atoms with van der Waals surface area (Å²) in [6, 6.07) is 4.33. The number of carbonyl (C=O) groups excluding carboxylic acids is 1. The van der Waals surface area contributed by atoms with E-state index in [9.17, 15) is 4.79 Å². The maximum Gasteiger partial charge on any atom is 0.415 e. The molecule has 0 bridgehead atoms. The summed E-state index contributed by atoms with van der Waals surface area (Å²) in [5.74, 6) is 0.720. The molecule has 1 aliphatic heterocycles. The molecular formula is C17H27N3O2. The first-order chi connectivity index (χ1) is 10.3. The Bertz CT molecular complexity index is 525. The zero-order valence-electron chi connectivity index (χ0n) is 14.3. The first-order valence-corrected chi connectivity index (χ1v) is 7.99. The Morgan fingerprint density at radius 2 is 2.23 bits per heavy atom. The van der Waals surface area contributed by atoms with Crippen LogP contribution in [0.3, 0.4) is 0 Å². The standard InChI is InChI=1S/C17H27N3O2/c1-6-20(16(21)22-17(2,3)4)15-13(9-7-11-18-15)14-10-8-12-19(14)5/h7,9,11,14H,6,8,10,12H2,1-5H3. The quantitative estimate of drug-likeness (QED) is 0.856. The molecule has 2 rings (SSSR count). The molecule has 1 fully saturated rings. The van der Waals surface area contributed by atoms with Gasteiger partial charge in [0, 0.05) is 24.3 Å². The predicted molar refractivity (Wildman–Crippen MR) is 88.1 cm³/mol. The average Bonchev–Trinajstić information content (AvgIpc) is 2.84. The van der Waals surface area contributed by atoms with Gasteiger partial charge in [0.05, 0.1) is 0 Å². The highest BCUT2D eigenvalue weighted by atomic mass is 16.6. The number of hydrogen-bond donors (Lipinski definition) is 0. The van der Waals surface area contributed by atoms with Crippen molar-refractivity contribution >= 4 is 11.9 Å². The summed E-state index contributed by atoms with van der Waals surface area (Å²) in [5, 5.41) is 0. The Morgan fingerprint density at radius 1 is 1.50 bits per heavy atom. The van der Waals surface area contributed by atoms with Crippen LogP contribution in [0.1, 0.15) is 52.1 Å². The molecule has 1 aromatic rings. The Morgan fingerprint density at radius 3 is 2.77 bits per heavy atom. The lowest BCUT2D eigenvalue weighted by molar-refractivity contribution is 0.0580. The number of pyridine rings is 1. The van der Waals surface area contributed by atoms with Crippen LogP contribution in [-0.4, -0.2) is 41.7 Å². The molecule has 0 spiro atoms. The molecule has 0 N–H and O–H groups in total. The smallest absolute Gasteiger partial charge is 0.415 e. The summed E-state index contributed by atoms with van der Waals surface area (Å²) in [7, 11) is 2.12. The number of carbonyl (C=O) groups is 1. The van der Waals surface area contributed by atoms with Crippen molar-refractivity contribution in [2.75, 3.05) is 25.0 Å². The number of likely N-dealkylation sites (tertiary alicyclic amines) is 1. The topological polar surface area (TPSA) is 45.7 Å². The molecule has 1 amide bonds. The van der Waals surface area contributed by atoms with Gasteiger partial charge in [-0.05, 0) is 60.2 Å². The van der Waals surface area contributed by atoms with Crippen molar-refractivity contribution in [1.29, 1.82) is 0 Å². The largest absolute Gasteiger partial charge is 0.443 e. The van der Waals surface area contributed by atoms with Gasteiger partial charge in [0.15, 0.2) is 0 Å². The van der Waals surface area contributed by atoms with Gasteiger partial charge in [-0.15, -0.1) is 0 Å². The van der Waals surface area contributed by atoms with Crippen molar-refractivity contribution < 1.29 is 9.53 Å². The van der Waals surface area contributed by atoms with Crippen molar-refractivity contribution in [3.8, 4) is 0 Å². The number of rotatable bonds is 3. The fourth-order valence-corrected chi connectivity index (χ4v) is 2.88. The van der Waals surface area contributed by atoms with Gasteiger partial charge in [-0.25, -0.2) is 9.78 Å². The minimum Gasteiger partial charge on any atom is -0.443 e. The van der Waals surface area contributed by atoms with Crippen molar-refractivity contribution in [3.05, 3.63) is 23.9 Å². The average molecular weight is 305 g/mol. The molecule has 122 valence electrons. The summed E-state index contributed by atoms with van der Waals surface area (Å²) in [6.45, 7) is 9.20. The van der Waals surface area contributed by atoms with Crippen molar-refractivity contribution in [2.24, 2.45) is 0 Å². The monoisotopic (exact) mass is 305 g/mol. The van der Waals surface area contributed by atoms with Crippen molar-refractivity contribution in [2.45, 2.75) is 52.2 Å². The van der Waals surface area contributed by atoms with Gasteiger partial charge in [0.2, 0.25) is 0 Å². The van der Waals surface area contributed by atoms with Crippen LogP contribution < -0.4 is 4.90 Å². The molecule has 1 aromatic heterocycles. The fraction of sp³-hybridized carbons (Fsp3) is 0.647. The van der Waals surface area contributed by atoms with Crippen molar-refractivity contribution in [1.82, 2.24) is 9.88 Å². The van der Waals surface area contributed by atoms with Crippen LogP contribution in [0.25, 0.3) is 0 Å². The van der Waals surface area contributed by atoms with E-state index in [0.717, 1.165) is 24.3 Å². The van der Waals surface area contributed by atoms with Crippen LogP contribution in [0.2, 0.25) is 0 Å². The van der Waals surface area contributed by atoms with E-state index in [0.29, 0.717) is 12.6 Å². The predicted octanol–water partition coefficient (Wildman–Crippen LogP) is 3.61. The first kappa shape index (κ1) is 16.7. The Kier molecular flexibility index (Phi) is 5.06.